The topological polar surface area (TPSA) is 85.9 Å². The third-order valence-corrected chi connectivity index (χ3v) is 4.59. The van der Waals surface area contributed by atoms with Gasteiger partial charge in [0.1, 0.15) is 18.0 Å². The second kappa shape index (κ2) is 7.89. The number of anilines is 1. The fourth-order valence-electron chi connectivity index (χ4n) is 2.29. The van der Waals surface area contributed by atoms with Gasteiger partial charge in [0.2, 0.25) is 0 Å². The van der Waals surface area contributed by atoms with Crippen molar-refractivity contribution in [2.45, 2.75) is 13.5 Å². The van der Waals surface area contributed by atoms with E-state index in [0.717, 1.165) is 11.4 Å². The number of quaternary nitrogens is 1. The molecular weight excluding hydrogens is 330 g/mol. The van der Waals surface area contributed by atoms with Crippen LogP contribution >= 0.6 is 11.3 Å². The van der Waals surface area contributed by atoms with Gasteiger partial charge < -0.3 is 15.0 Å². The van der Waals surface area contributed by atoms with E-state index < -0.39 is 4.92 Å². The molecule has 0 radical (unpaired) electrons. The van der Waals surface area contributed by atoms with Gasteiger partial charge in [0, 0.05) is 0 Å². The summed E-state index contributed by atoms with van der Waals surface area (Å²) in [7, 11) is 3.35. The number of thiophene rings is 1. The first-order chi connectivity index (χ1) is 11.4. The van der Waals surface area contributed by atoms with Gasteiger partial charge in [0.25, 0.3) is 11.6 Å². The molecule has 1 atom stereocenters. The monoisotopic (exact) mass is 350 g/mol. The lowest BCUT2D eigenvalue weighted by Crippen LogP contribution is -3.08. The molecule has 2 N–H and O–H groups in total. The molecule has 0 aliphatic rings. The molecule has 1 aromatic carbocycles. The summed E-state index contributed by atoms with van der Waals surface area (Å²) in [6, 6.07) is 6.40. The maximum Gasteiger partial charge on any atom is 0.296 e. The predicted molar refractivity (Wildman–Crippen MR) is 92.8 cm³/mol. The van der Waals surface area contributed by atoms with Crippen molar-refractivity contribution in [1.29, 1.82) is 0 Å². The lowest BCUT2D eigenvalue weighted by atomic mass is 10.2. The fourth-order valence-corrected chi connectivity index (χ4v) is 3.31. The number of likely N-dealkylation sites (N-methyl/N-ethyl adjacent to an activating group) is 1. The number of carbonyl (C=O) groups is 1. The van der Waals surface area contributed by atoms with Crippen molar-refractivity contribution in [2.24, 2.45) is 0 Å². The third-order valence-electron chi connectivity index (χ3n) is 3.57. The molecule has 2 rings (SSSR count). The SMILES string of the molecule is COc1ccc(NC(=O)C[NH+](C)Cc2sccc2C)c([N+](=O)[O-])c1. The molecule has 1 heterocycles. The number of rotatable bonds is 7. The van der Waals surface area contributed by atoms with Gasteiger partial charge in [-0.2, -0.15) is 0 Å². The Hall–Kier alpha value is -2.45. The Bertz CT molecular complexity index is 745. The molecule has 0 aliphatic carbocycles. The van der Waals surface area contributed by atoms with Crippen LogP contribution in [0.15, 0.2) is 29.6 Å². The van der Waals surface area contributed by atoms with Crippen LogP contribution in [0.4, 0.5) is 11.4 Å². The molecule has 8 heteroatoms. The number of ether oxygens (including phenoxy) is 1. The number of hydrogen-bond donors (Lipinski definition) is 2. The highest BCUT2D eigenvalue weighted by Crippen LogP contribution is 2.28. The zero-order valence-electron chi connectivity index (χ0n) is 13.8. The minimum Gasteiger partial charge on any atom is -0.496 e. The van der Waals surface area contributed by atoms with Crippen molar-refractivity contribution < 1.29 is 19.4 Å². The van der Waals surface area contributed by atoms with Crippen LogP contribution in [-0.4, -0.2) is 31.5 Å². The van der Waals surface area contributed by atoms with Crippen LogP contribution in [0.25, 0.3) is 0 Å². The van der Waals surface area contributed by atoms with Gasteiger partial charge in [0.15, 0.2) is 6.54 Å². The van der Waals surface area contributed by atoms with Gasteiger partial charge >= 0.3 is 0 Å². The summed E-state index contributed by atoms with van der Waals surface area (Å²) in [6.07, 6.45) is 0. The van der Waals surface area contributed by atoms with Crippen LogP contribution in [0.3, 0.4) is 0 Å². The quantitative estimate of drug-likeness (QED) is 0.587. The molecule has 1 aromatic heterocycles. The third kappa shape index (κ3) is 4.53. The first-order valence-electron chi connectivity index (χ1n) is 7.37. The standard InChI is InChI=1S/C16H19N3O4S/c1-11-6-7-24-15(11)9-18(2)10-16(20)17-13-5-4-12(23-3)8-14(13)19(21)22/h4-8H,9-10H2,1-3H3,(H,17,20)/p+1. The lowest BCUT2D eigenvalue weighted by Gasteiger charge is -2.14. The van der Waals surface area contributed by atoms with Crippen molar-refractivity contribution in [3.63, 3.8) is 0 Å². The number of hydrogen-bond acceptors (Lipinski definition) is 5. The number of nitrogens with one attached hydrogen (secondary N) is 2. The minimum absolute atomic E-state index is 0.172. The van der Waals surface area contributed by atoms with E-state index in [4.69, 9.17) is 4.74 Å². The van der Waals surface area contributed by atoms with E-state index in [1.165, 1.54) is 29.7 Å². The first-order valence-corrected chi connectivity index (χ1v) is 8.25. The summed E-state index contributed by atoms with van der Waals surface area (Å²) in [4.78, 5) is 25.0. The number of methoxy groups -OCH3 is 1. The zero-order chi connectivity index (χ0) is 17.7. The molecule has 0 fully saturated rings. The molecular formula is C16H20N3O4S+. The summed E-state index contributed by atoms with van der Waals surface area (Å²) in [6.45, 7) is 3.00. The van der Waals surface area contributed by atoms with Gasteiger partial charge in [0.05, 0.1) is 30.0 Å². The van der Waals surface area contributed by atoms with Crippen molar-refractivity contribution in [3.05, 3.63) is 50.2 Å². The van der Waals surface area contributed by atoms with Gasteiger partial charge in [-0.05, 0) is 36.1 Å². The largest absolute Gasteiger partial charge is 0.496 e. The van der Waals surface area contributed by atoms with Gasteiger partial charge in [-0.1, -0.05) is 0 Å². The van der Waals surface area contributed by atoms with Crippen molar-refractivity contribution in [2.75, 3.05) is 26.0 Å². The molecule has 0 saturated carbocycles. The summed E-state index contributed by atoms with van der Waals surface area (Å²) in [5, 5.41) is 15.8. The van der Waals surface area contributed by atoms with Crippen LogP contribution in [0.1, 0.15) is 10.4 Å². The lowest BCUT2D eigenvalue weighted by molar-refractivity contribution is -0.884. The summed E-state index contributed by atoms with van der Waals surface area (Å²) in [5.74, 6) is 0.102. The average Bonchev–Trinajstić information content (AvgIpc) is 2.92. The number of nitrogens with zero attached hydrogens (tertiary/aromatic N) is 1. The first kappa shape index (κ1) is 17.9. The Morgan fingerprint density at radius 1 is 1.42 bits per heavy atom. The van der Waals surface area contributed by atoms with Gasteiger partial charge in [-0.25, -0.2) is 0 Å². The Kier molecular flexibility index (Phi) is 5.88. The van der Waals surface area contributed by atoms with Crippen molar-refractivity contribution in [3.8, 4) is 5.75 Å². The van der Waals surface area contributed by atoms with E-state index >= 15 is 0 Å². The number of amides is 1. The Labute approximate surface area is 144 Å². The molecule has 1 unspecified atom stereocenters. The maximum atomic E-state index is 12.2. The maximum absolute atomic E-state index is 12.2. The van der Waals surface area contributed by atoms with Gasteiger partial charge in [-0.3, -0.25) is 14.9 Å². The number of nitro benzene ring substituents is 1. The van der Waals surface area contributed by atoms with E-state index in [0.29, 0.717) is 5.75 Å². The molecule has 24 heavy (non-hydrogen) atoms. The minimum atomic E-state index is -0.538. The molecule has 7 nitrogen and oxygen atoms in total. The number of nitro groups is 1. The summed E-state index contributed by atoms with van der Waals surface area (Å²) >= 11 is 1.66. The Balaban J connectivity index is 2.01. The van der Waals surface area contributed by atoms with Crippen LogP contribution in [0, 0.1) is 17.0 Å². The van der Waals surface area contributed by atoms with Crippen LogP contribution in [0.2, 0.25) is 0 Å². The van der Waals surface area contributed by atoms with E-state index in [1.807, 2.05) is 25.4 Å². The highest BCUT2D eigenvalue weighted by Gasteiger charge is 2.19. The zero-order valence-corrected chi connectivity index (χ0v) is 14.6. The molecule has 128 valence electrons. The summed E-state index contributed by atoms with van der Waals surface area (Å²) < 4.78 is 4.98. The smallest absolute Gasteiger partial charge is 0.296 e. The van der Waals surface area contributed by atoms with E-state index in [9.17, 15) is 14.9 Å². The second-order valence-electron chi connectivity index (χ2n) is 5.53. The highest BCUT2D eigenvalue weighted by molar-refractivity contribution is 7.10. The average molecular weight is 350 g/mol. The number of benzene rings is 1. The second-order valence-corrected chi connectivity index (χ2v) is 6.53. The molecule has 0 spiro atoms. The molecule has 2 aromatic rings. The molecule has 0 aliphatic heterocycles. The van der Waals surface area contributed by atoms with Crippen LogP contribution in [0.5, 0.6) is 5.75 Å². The number of aryl methyl sites for hydroxylation is 1. The van der Waals surface area contributed by atoms with E-state index in [-0.39, 0.29) is 23.8 Å². The highest BCUT2D eigenvalue weighted by atomic mass is 32.1. The predicted octanol–water partition coefficient (Wildman–Crippen LogP) is 1.63. The number of carbonyl (C=O) groups excluding carboxylic acids is 1. The summed E-state index contributed by atoms with van der Waals surface area (Å²) in [5.41, 5.74) is 1.20. The van der Waals surface area contributed by atoms with Crippen molar-refractivity contribution in [1.82, 2.24) is 0 Å². The van der Waals surface area contributed by atoms with Crippen molar-refractivity contribution >= 4 is 28.6 Å². The fraction of sp³-hybridized carbons (Fsp3) is 0.312. The normalized spacial score (nSPS) is 11.8. The van der Waals surface area contributed by atoms with E-state index in [1.54, 1.807) is 17.4 Å². The van der Waals surface area contributed by atoms with Crippen LogP contribution in [-0.2, 0) is 11.3 Å². The molecule has 0 saturated heterocycles. The molecule has 1 amide bonds. The van der Waals surface area contributed by atoms with E-state index in [2.05, 4.69) is 5.32 Å². The molecule has 0 bridgehead atoms. The van der Waals surface area contributed by atoms with Gasteiger partial charge in [-0.15, -0.1) is 11.3 Å². The Morgan fingerprint density at radius 2 is 2.17 bits per heavy atom. The van der Waals surface area contributed by atoms with Crippen LogP contribution < -0.4 is 15.0 Å². The Morgan fingerprint density at radius 3 is 2.75 bits per heavy atom.